The highest BCUT2D eigenvalue weighted by atomic mass is 32.1. The molecule has 0 spiro atoms. The van der Waals surface area contributed by atoms with Gasteiger partial charge >= 0.3 is 6.36 Å². The van der Waals surface area contributed by atoms with Gasteiger partial charge in [-0.2, -0.15) is 0 Å². The summed E-state index contributed by atoms with van der Waals surface area (Å²) in [5, 5.41) is 5.51. The van der Waals surface area contributed by atoms with Gasteiger partial charge in [0.15, 0.2) is 0 Å². The Balaban J connectivity index is 2.29. The quantitative estimate of drug-likeness (QED) is 0.407. The second kappa shape index (κ2) is 8.46. The van der Waals surface area contributed by atoms with Crippen LogP contribution in [0.5, 0.6) is 5.75 Å². The van der Waals surface area contributed by atoms with Gasteiger partial charge in [0.05, 0.1) is 5.16 Å². The van der Waals surface area contributed by atoms with E-state index in [2.05, 4.69) is 26.8 Å². The Labute approximate surface area is 148 Å². The van der Waals surface area contributed by atoms with Crippen molar-refractivity contribution in [2.24, 2.45) is 4.99 Å². The molecule has 2 rings (SSSR count). The van der Waals surface area contributed by atoms with Crippen LogP contribution in [-0.4, -0.2) is 18.1 Å². The number of anilines is 1. The predicted molar refractivity (Wildman–Crippen MR) is 95.1 cm³/mol. The number of hydrogen-bond acceptors (Lipinski definition) is 4. The van der Waals surface area contributed by atoms with E-state index < -0.39 is 12.4 Å². The minimum Gasteiger partial charge on any atom is -0.406 e. The minimum absolute atomic E-state index is 0.289. The summed E-state index contributed by atoms with van der Waals surface area (Å²) in [5.74, 6) is -0.289. The molecular formula is C18H15F3N2OS. The summed E-state index contributed by atoms with van der Waals surface area (Å²) < 4.78 is 40.6. The van der Waals surface area contributed by atoms with Crippen molar-refractivity contribution in [3.63, 3.8) is 0 Å². The highest BCUT2D eigenvalue weighted by Gasteiger charge is 2.31. The number of thiocarbonyl (C=S) groups is 1. The number of hydrogen-bond donors (Lipinski definition) is 1. The maximum Gasteiger partial charge on any atom is 0.573 e. The average Bonchev–Trinajstić information content (AvgIpc) is 2.58. The molecule has 0 aliphatic rings. The Morgan fingerprint density at radius 3 is 2.52 bits per heavy atom. The van der Waals surface area contributed by atoms with Gasteiger partial charge in [0.1, 0.15) is 11.8 Å². The van der Waals surface area contributed by atoms with Crippen molar-refractivity contribution in [1.29, 1.82) is 0 Å². The van der Waals surface area contributed by atoms with Crippen molar-refractivity contribution in [2.45, 2.75) is 12.4 Å². The second-order valence-electron chi connectivity index (χ2n) is 5.03. The lowest BCUT2D eigenvalue weighted by Gasteiger charge is -2.15. The van der Waals surface area contributed by atoms with Crippen molar-refractivity contribution >= 4 is 23.1 Å². The highest BCUT2D eigenvalue weighted by molar-refractivity contribution is 7.78. The third-order valence-corrected chi connectivity index (χ3v) is 3.37. The lowest BCUT2D eigenvalue weighted by Crippen LogP contribution is -2.17. The van der Waals surface area contributed by atoms with Crippen LogP contribution in [0.3, 0.4) is 0 Å². The molecule has 7 heteroatoms. The highest BCUT2D eigenvalue weighted by Crippen LogP contribution is 2.30. The lowest BCUT2D eigenvalue weighted by atomic mass is 9.99. The van der Waals surface area contributed by atoms with Crippen molar-refractivity contribution in [2.75, 3.05) is 11.9 Å². The Morgan fingerprint density at radius 2 is 1.92 bits per heavy atom. The number of rotatable bonds is 7. The monoisotopic (exact) mass is 364 g/mol. The molecule has 0 radical (unpaired) electrons. The molecule has 0 amide bonds. The third-order valence-electron chi connectivity index (χ3n) is 3.26. The van der Waals surface area contributed by atoms with E-state index in [0.717, 1.165) is 11.3 Å². The molecule has 0 heterocycles. The first-order chi connectivity index (χ1) is 11.9. The fourth-order valence-corrected chi connectivity index (χ4v) is 2.36. The van der Waals surface area contributed by atoms with Crippen LogP contribution in [0.25, 0.3) is 0 Å². The molecule has 1 N–H and O–H groups in total. The standard InChI is InChI=1S/C18H15F3N2OS/c1-2-10-22-15-5-3-4-14(11-15)17(23-12-25)13-6-8-16(9-7-13)24-18(19,20)21/h2-9,11,17,22H,1,10H2. The molecule has 0 aliphatic heterocycles. The number of aliphatic imine (C=N–C) groups is 1. The number of nitrogens with zero attached hydrogens (tertiary/aromatic N) is 1. The summed E-state index contributed by atoms with van der Waals surface area (Å²) in [6.45, 7) is 4.25. The first-order valence-electron chi connectivity index (χ1n) is 7.30. The van der Waals surface area contributed by atoms with Crippen LogP contribution in [0, 0.1) is 0 Å². The smallest absolute Gasteiger partial charge is 0.406 e. The van der Waals surface area contributed by atoms with E-state index in [1.807, 2.05) is 24.3 Å². The van der Waals surface area contributed by atoms with E-state index in [0.29, 0.717) is 12.1 Å². The van der Waals surface area contributed by atoms with Gasteiger partial charge in [0.2, 0.25) is 0 Å². The molecule has 1 unspecified atom stereocenters. The van der Waals surface area contributed by atoms with E-state index in [1.165, 1.54) is 24.3 Å². The van der Waals surface area contributed by atoms with Crippen molar-refractivity contribution in [3.8, 4) is 5.75 Å². The van der Waals surface area contributed by atoms with Gasteiger partial charge in [-0.05, 0) is 47.6 Å². The molecule has 1 atom stereocenters. The molecule has 0 aromatic heterocycles. The van der Waals surface area contributed by atoms with Crippen molar-refractivity contribution in [1.82, 2.24) is 0 Å². The van der Waals surface area contributed by atoms with Crippen LogP contribution in [-0.2, 0) is 0 Å². The fraction of sp³-hybridized carbons (Fsp3) is 0.167. The Hall–Kier alpha value is -2.63. The molecule has 130 valence electrons. The fourth-order valence-electron chi connectivity index (χ4n) is 2.25. The maximum absolute atomic E-state index is 12.3. The van der Waals surface area contributed by atoms with Crippen LogP contribution >= 0.6 is 12.2 Å². The Bertz CT molecular complexity index is 769. The number of ether oxygens (including phenoxy) is 1. The van der Waals surface area contributed by atoms with Gasteiger partial charge < -0.3 is 10.1 Å². The van der Waals surface area contributed by atoms with E-state index in [1.54, 1.807) is 6.08 Å². The molecule has 2 aromatic rings. The summed E-state index contributed by atoms with van der Waals surface area (Å²) in [6, 6.07) is 12.6. The summed E-state index contributed by atoms with van der Waals surface area (Å²) in [4.78, 5) is 4.14. The first-order valence-corrected chi connectivity index (χ1v) is 7.71. The van der Waals surface area contributed by atoms with E-state index >= 15 is 0 Å². The molecular weight excluding hydrogens is 349 g/mol. The number of halogens is 3. The largest absolute Gasteiger partial charge is 0.573 e. The zero-order valence-electron chi connectivity index (χ0n) is 13.1. The van der Waals surface area contributed by atoms with E-state index in [9.17, 15) is 13.2 Å². The van der Waals surface area contributed by atoms with Crippen molar-refractivity contribution in [3.05, 3.63) is 72.3 Å². The molecule has 25 heavy (non-hydrogen) atoms. The van der Waals surface area contributed by atoms with Crippen LogP contribution in [0.2, 0.25) is 0 Å². The number of alkyl halides is 3. The van der Waals surface area contributed by atoms with Gasteiger partial charge in [0.25, 0.3) is 0 Å². The normalized spacial score (nSPS) is 12.0. The van der Waals surface area contributed by atoms with Crippen LogP contribution in [0.15, 0.2) is 66.2 Å². The zero-order valence-corrected chi connectivity index (χ0v) is 13.9. The number of isothiocyanates is 1. The van der Waals surface area contributed by atoms with E-state index in [4.69, 9.17) is 12.2 Å². The Kier molecular flexibility index (Phi) is 6.33. The maximum atomic E-state index is 12.3. The summed E-state index contributed by atoms with van der Waals surface area (Å²) in [5.41, 5.74) is 2.38. The van der Waals surface area contributed by atoms with Crippen LogP contribution in [0.1, 0.15) is 17.2 Å². The number of benzene rings is 2. The predicted octanol–water partition coefficient (Wildman–Crippen LogP) is 5.38. The molecule has 0 fully saturated rings. The summed E-state index contributed by atoms with van der Waals surface area (Å²) >= 11 is 4.71. The molecule has 0 bridgehead atoms. The minimum atomic E-state index is -4.72. The topological polar surface area (TPSA) is 33.6 Å². The molecule has 0 saturated heterocycles. The second-order valence-corrected chi connectivity index (χ2v) is 5.22. The Morgan fingerprint density at radius 1 is 1.20 bits per heavy atom. The molecule has 3 nitrogen and oxygen atoms in total. The summed E-state index contributed by atoms with van der Waals surface area (Å²) in [6.07, 6.45) is -2.99. The van der Waals surface area contributed by atoms with Gasteiger partial charge in [-0.1, -0.05) is 30.3 Å². The molecule has 0 aliphatic carbocycles. The first kappa shape index (κ1) is 18.7. The van der Waals surface area contributed by atoms with Crippen LogP contribution < -0.4 is 10.1 Å². The SMILES string of the molecule is C=CCNc1cccc(C(N=C=S)c2ccc(OC(F)(F)F)cc2)c1. The average molecular weight is 364 g/mol. The van der Waals surface area contributed by atoms with Gasteiger partial charge in [-0.3, -0.25) is 0 Å². The van der Waals surface area contributed by atoms with Gasteiger partial charge in [-0.15, -0.1) is 19.8 Å². The van der Waals surface area contributed by atoms with Crippen LogP contribution in [0.4, 0.5) is 18.9 Å². The van der Waals surface area contributed by atoms with E-state index in [-0.39, 0.29) is 5.75 Å². The number of nitrogens with one attached hydrogen (secondary N) is 1. The third kappa shape index (κ3) is 5.74. The van der Waals surface area contributed by atoms with Gasteiger partial charge in [-0.25, -0.2) is 4.99 Å². The zero-order chi connectivity index (χ0) is 18.3. The molecule has 0 saturated carbocycles. The molecule has 2 aromatic carbocycles. The lowest BCUT2D eigenvalue weighted by molar-refractivity contribution is -0.274. The van der Waals surface area contributed by atoms with Gasteiger partial charge in [0, 0.05) is 12.2 Å². The van der Waals surface area contributed by atoms with Crippen molar-refractivity contribution < 1.29 is 17.9 Å². The summed E-state index contributed by atoms with van der Waals surface area (Å²) in [7, 11) is 0.